The highest BCUT2D eigenvalue weighted by Crippen LogP contribution is 2.38. The summed E-state index contributed by atoms with van der Waals surface area (Å²) in [5.41, 5.74) is 3.87. The first-order chi connectivity index (χ1) is 13.2. The van der Waals surface area contributed by atoms with Crippen LogP contribution in [0.1, 0.15) is 11.1 Å². The Morgan fingerprint density at radius 2 is 1.96 bits per heavy atom. The largest absolute Gasteiger partial charge is 0.487 e. The van der Waals surface area contributed by atoms with Gasteiger partial charge in [-0.05, 0) is 41.0 Å². The first kappa shape index (κ1) is 17.2. The number of amides is 1. The van der Waals surface area contributed by atoms with E-state index in [1.807, 2.05) is 24.3 Å². The summed E-state index contributed by atoms with van der Waals surface area (Å²) in [5, 5.41) is 2.89. The molecule has 1 aliphatic heterocycles. The van der Waals surface area contributed by atoms with E-state index in [1.165, 1.54) is 12.1 Å². The monoisotopic (exact) mass is 362 g/mol. The Bertz CT molecular complexity index is 960. The minimum absolute atomic E-state index is 0.112. The molecule has 0 unspecified atom stereocenters. The summed E-state index contributed by atoms with van der Waals surface area (Å²) in [6.45, 7) is 0.415. The van der Waals surface area contributed by atoms with Gasteiger partial charge in [0, 0.05) is 24.4 Å². The molecule has 1 aromatic heterocycles. The number of rotatable bonds is 5. The van der Waals surface area contributed by atoms with Crippen molar-refractivity contribution < 1.29 is 13.9 Å². The predicted octanol–water partition coefficient (Wildman–Crippen LogP) is 3.55. The van der Waals surface area contributed by atoms with Crippen molar-refractivity contribution in [2.45, 2.75) is 18.9 Å². The lowest BCUT2D eigenvalue weighted by molar-refractivity contribution is -0.120. The zero-order valence-corrected chi connectivity index (χ0v) is 14.7. The molecule has 1 atom stereocenters. The van der Waals surface area contributed by atoms with Crippen LogP contribution >= 0.6 is 0 Å². The van der Waals surface area contributed by atoms with E-state index >= 15 is 0 Å². The fourth-order valence-electron chi connectivity index (χ4n) is 3.33. The van der Waals surface area contributed by atoms with E-state index in [1.54, 1.807) is 24.5 Å². The standard InChI is InChI=1S/C22H19FN2O2/c23-18-5-1-3-15(11-18)12-21(26)25-14-19-13-17-4-2-6-20(22(17)27-19)16-7-9-24-10-8-16/h1-11,19H,12-14H2,(H,25,26)/t19-/m0/s1. The number of aromatic nitrogens is 1. The molecule has 0 saturated carbocycles. The Morgan fingerprint density at radius 3 is 2.78 bits per heavy atom. The lowest BCUT2D eigenvalue weighted by Crippen LogP contribution is -2.35. The van der Waals surface area contributed by atoms with Crippen molar-refractivity contribution in [2.24, 2.45) is 0 Å². The van der Waals surface area contributed by atoms with E-state index in [9.17, 15) is 9.18 Å². The number of para-hydroxylation sites is 1. The van der Waals surface area contributed by atoms with Crippen LogP contribution in [0.4, 0.5) is 4.39 Å². The Hall–Kier alpha value is -3.21. The summed E-state index contributed by atoms with van der Waals surface area (Å²) >= 11 is 0. The van der Waals surface area contributed by atoms with Crippen molar-refractivity contribution in [3.05, 3.63) is 83.9 Å². The van der Waals surface area contributed by atoms with Crippen molar-refractivity contribution in [1.29, 1.82) is 0 Å². The van der Waals surface area contributed by atoms with Gasteiger partial charge in [0.2, 0.25) is 5.91 Å². The molecular weight excluding hydrogens is 343 g/mol. The van der Waals surface area contributed by atoms with Gasteiger partial charge in [-0.25, -0.2) is 4.39 Å². The van der Waals surface area contributed by atoms with Crippen LogP contribution in [0.25, 0.3) is 11.1 Å². The van der Waals surface area contributed by atoms with E-state index < -0.39 is 0 Å². The number of carbonyl (C=O) groups is 1. The molecule has 0 bridgehead atoms. The topological polar surface area (TPSA) is 51.2 Å². The fraction of sp³-hybridized carbons (Fsp3) is 0.182. The molecule has 4 nitrogen and oxygen atoms in total. The van der Waals surface area contributed by atoms with E-state index in [0.29, 0.717) is 12.1 Å². The van der Waals surface area contributed by atoms with Gasteiger partial charge < -0.3 is 10.1 Å². The molecule has 0 radical (unpaired) electrons. The fourth-order valence-corrected chi connectivity index (χ4v) is 3.33. The van der Waals surface area contributed by atoms with Gasteiger partial charge in [-0.3, -0.25) is 9.78 Å². The van der Waals surface area contributed by atoms with Crippen LogP contribution in [0.3, 0.4) is 0 Å². The molecule has 3 aromatic rings. The first-order valence-corrected chi connectivity index (χ1v) is 8.89. The van der Waals surface area contributed by atoms with E-state index in [0.717, 1.165) is 28.9 Å². The van der Waals surface area contributed by atoms with Crippen LogP contribution in [0, 0.1) is 5.82 Å². The van der Waals surface area contributed by atoms with Crippen molar-refractivity contribution in [3.63, 3.8) is 0 Å². The number of hydrogen-bond acceptors (Lipinski definition) is 3. The lowest BCUT2D eigenvalue weighted by atomic mass is 10.0. The van der Waals surface area contributed by atoms with E-state index in [-0.39, 0.29) is 24.2 Å². The molecule has 0 fully saturated rings. The molecule has 4 rings (SSSR count). The van der Waals surface area contributed by atoms with Crippen molar-refractivity contribution in [2.75, 3.05) is 6.54 Å². The molecule has 0 aliphatic carbocycles. The van der Waals surface area contributed by atoms with E-state index in [2.05, 4.69) is 16.4 Å². The van der Waals surface area contributed by atoms with Crippen LogP contribution < -0.4 is 10.1 Å². The number of benzene rings is 2. The second kappa shape index (κ2) is 7.58. The number of ether oxygens (including phenoxy) is 1. The second-order valence-electron chi connectivity index (χ2n) is 6.58. The van der Waals surface area contributed by atoms with Crippen LogP contribution in [-0.2, 0) is 17.6 Å². The van der Waals surface area contributed by atoms with Gasteiger partial charge in [0.15, 0.2) is 0 Å². The maximum absolute atomic E-state index is 13.2. The number of hydrogen-bond donors (Lipinski definition) is 1. The second-order valence-corrected chi connectivity index (χ2v) is 6.58. The van der Waals surface area contributed by atoms with Gasteiger partial charge in [0.05, 0.1) is 13.0 Å². The molecule has 1 aliphatic rings. The summed E-state index contributed by atoms with van der Waals surface area (Å²) in [6, 6.07) is 16.1. The minimum Gasteiger partial charge on any atom is -0.487 e. The molecule has 0 saturated heterocycles. The highest BCUT2D eigenvalue weighted by molar-refractivity contribution is 5.78. The summed E-state index contributed by atoms with van der Waals surface area (Å²) in [5.74, 6) is 0.390. The van der Waals surface area contributed by atoms with Gasteiger partial charge in [-0.1, -0.05) is 30.3 Å². The normalized spacial score (nSPS) is 15.1. The van der Waals surface area contributed by atoms with Gasteiger partial charge in [-0.15, -0.1) is 0 Å². The average Bonchev–Trinajstić information content (AvgIpc) is 3.10. The van der Waals surface area contributed by atoms with Gasteiger partial charge in [0.1, 0.15) is 17.7 Å². The smallest absolute Gasteiger partial charge is 0.224 e. The minimum atomic E-state index is -0.335. The highest BCUT2D eigenvalue weighted by atomic mass is 19.1. The summed E-state index contributed by atoms with van der Waals surface area (Å²) < 4.78 is 19.3. The number of carbonyl (C=O) groups excluding carboxylic acids is 1. The summed E-state index contributed by atoms with van der Waals surface area (Å²) in [4.78, 5) is 16.2. The van der Waals surface area contributed by atoms with Crippen molar-refractivity contribution in [1.82, 2.24) is 10.3 Å². The molecule has 2 heterocycles. The Morgan fingerprint density at radius 1 is 1.15 bits per heavy atom. The van der Waals surface area contributed by atoms with Crippen LogP contribution in [0.5, 0.6) is 5.75 Å². The summed E-state index contributed by atoms with van der Waals surface area (Å²) in [6.07, 6.45) is 4.30. The third-order valence-electron chi connectivity index (χ3n) is 4.60. The molecule has 5 heteroatoms. The van der Waals surface area contributed by atoms with E-state index in [4.69, 9.17) is 4.74 Å². The van der Waals surface area contributed by atoms with Crippen LogP contribution in [-0.4, -0.2) is 23.5 Å². The van der Waals surface area contributed by atoms with Gasteiger partial charge in [-0.2, -0.15) is 0 Å². The molecular formula is C22H19FN2O2. The van der Waals surface area contributed by atoms with Crippen LogP contribution in [0.2, 0.25) is 0 Å². The van der Waals surface area contributed by atoms with Crippen molar-refractivity contribution in [3.8, 4) is 16.9 Å². The quantitative estimate of drug-likeness (QED) is 0.755. The number of nitrogens with one attached hydrogen (secondary N) is 1. The van der Waals surface area contributed by atoms with Gasteiger partial charge in [0.25, 0.3) is 0 Å². The number of nitrogens with zero attached hydrogens (tertiary/aromatic N) is 1. The Balaban J connectivity index is 1.38. The molecule has 1 amide bonds. The first-order valence-electron chi connectivity index (χ1n) is 8.89. The third-order valence-corrected chi connectivity index (χ3v) is 4.60. The average molecular weight is 362 g/mol. The lowest BCUT2D eigenvalue weighted by Gasteiger charge is -2.13. The zero-order valence-electron chi connectivity index (χ0n) is 14.7. The molecule has 1 N–H and O–H groups in total. The van der Waals surface area contributed by atoms with Crippen LogP contribution in [0.15, 0.2) is 67.0 Å². The highest BCUT2D eigenvalue weighted by Gasteiger charge is 2.26. The number of pyridine rings is 1. The molecule has 136 valence electrons. The number of halogens is 1. The van der Waals surface area contributed by atoms with Crippen molar-refractivity contribution >= 4 is 5.91 Å². The summed E-state index contributed by atoms with van der Waals surface area (Å²) in [7, 11) is 0. The number of fused-ring (bicyclic) bond motifs is 1. The Kier molecular flexibility index (Phi) is 4.83. The third kappa shape index (κ3) is 3.97. The predicted molar refractivity (Wildman–Crippen MR) is 101 cm³/mol. The van der Waals surface area contributed by atoms with Gasteiger partial charge >= 0.3 is 0 Å². The maximum atomic E-state index is 13.2. The molecule has 0 spiro atoms. The molecule has 27 heavy (non-hydrogen) atoms. The SMILES string of the molecule is O=C(Cc1cccc(F)c1)NC[C@@H]1Cc2cccc(-c3ccncc3)c2O1. The zero-order chi connectivity index (χ0) is 18.6. The maximum Gasteiger partial charge on any atom is 0.224 e. The molecule has 2 aromatic carbocycles. The Labute approximate surface area is 157 Å².